The van der Waals surface area contributed by atoms with E-state index in [0.717, 1.165) is 50.5 Å². The smallest absolute Gasteiger partial charge is 0.135 e. The standard InChI is InChI=1S/C54H42N2O/c1-35(2)41-33-47(37-15-6-5-7-16-37)54(57-36(3)4)48(34-41)38-25-28-42(29-26-38)55-52-24-13-10-21-46(52)49-32-40(27-30-53(49)55)39-17-14-18-43(31-39)56-50-22-11-8-19-44(50)45-20-9-12-23-51(45)56/h5-34,36H,1H2,2-4H3. The third-order valence-corrected chi connectivity index (χ3v) is 11.1. The lowest BCUT2D eigenvalue weighted by Crippen LogP contribution is -2.08. The van der Waals surface area contributed by atoms with Gasteiger partial charge in [0.2, 0.25) is 0 Å². The van der Waals surface area contributed by atoms with Crippen LogP contribution < -0.4 is 4.74 Å². The first kappa shape index (κ1) is 34.4. The van der Waals surface area contributed by atoms with Gasteiger partial charge in [0, 0.05) is 44.0 Å². The number of hydrogen-bond donors (Lipinski definition) is 0. The van der Waals surface area contributed by atoms with Gasteiger partial charge in [0.05, 0.1) is 28.2 Å². The molecular formula is C54H42N2O. The van der Waals surface area contributed by atoms with Crippen LogP contribution in [0.1, 0.15) is 26.3 Å². The molecule has 10 aromatic rings. The Hall–Kier alpha value is -7.10. The van der Waals surface area contributed by atoms with Crippen LogP contribution in [0, 0.1) is 0 Å². The van der Waals surface area contributed by atoms with Gasteiger partial charge in [0.1, 0.15) is 5.75 Å². The second-order valence-electron chi connectivity index (χ2n) is 15.3. The number of nitrogens with zero attached hydrogens (tertiary/aromatic N) is 2. The summed E-state index contributed by atoms with van der Waals surface area (Å²) in [6, 6.07) is 65.8. The Labute approximate surface area is 333 Å². The number of fused-ring (bicyclic) bond motifs is 6. The summed E-state index contributed by atoms with van der Waals surface area (Å²) in [7, 11) is 0. The number of rotatable bonds is 8. The van der Waals surface area contributed by atoms with E-state index in [1.807, 2.05) is 0 Å². The van der Waals surface area contributed by atoms with Gasteiger partial charge in [0.25, 0.3) is 0 Å². The Bertz CT molecular complexity index is 3090. The fraction of sp³-hybridized carbons (Fsp3) is 0.0741. The van der Waals surface area contributed by atoms with Crippen LogP contribution in [0.4, 0.5) is 0 Å². The quantitative estimate of drug-likeness (QED) is 0.152. The summed E-state index contributed by atoms with van der Waals surface area (Å²) in [6.07, 6.45) is 0.0137. The molecule has 0 aliphatic carbocycles. The molecule has 0 saturated heterocycles. The largest absolute Gasteiger partial charge is 0.490 e. The molecule has 0 aliphatic heterocycles. The van der Waals surface area contributed by atoms with E-state index < -0.39 is 0 Å². The van der Waals surface area contributed by atoms with Gasteiger partial charge < -0.3 is 13.9 Å². The number of benzene rings is 8. The Morgan fingerprint density at radius 2 is 0.912 bits per heavy atom. The highest BCUT2D eigenvalue weighted by atomic mass is 16.5. The molecule has 274 valence electrons. The first-order valence-corrected chi connectivity index (χ1v) is 19.7. The van der Waals surface area contributed by atoms with Gasteiger partial charge in [-0.2, -0.15) is 0 Å². The molecule has 3 heteroatoms. The molecule has 0 saturated carbocycles. The number of para-hydroxylation sites is 3. The van der Waals surface area contributed by atoms with Gasteiger partial charge in [-0.1, -0.05) is 127 Å². The molecule has 2 aromatic heterocycles. The van der Waals surface area contributed by atoms with E-state index in [-0.39, 0.29) is 6.10 Å². The van der Waals surface area contributed by atoms with Crippen LogP contribution in [-0.4, -0.2) is 15.2 Å². The van der Waals surface area contributed by atoms with Crippen LogP contribution in [0.2, 0.25) is 0 Å². The molecule has 3 nitrogen and oxygen atoms in total. The lowest BCUT2D eigenvalue weighted by atomic mass is 9.92. The minimum atomic E-state index is 0.0137. The molecule has 0 unspecified atom stereocenters. The van der Waals surface area contributed by atoms with E-state index in [1.165, 1.54) is 54.7 Å². The average Bonchev–Trinajstić information content (AvgIpc) is 3.76. The monoisotopic (exact) mass is 734 g/mol. The number of hydrogen-bond acceptors (Lipinski definition) is 1. The first-order chi connectivity index (χ1) is 27.9. The van der Waals surface area contributed by atoms with Gasteiger partial charge in [-0.25, -0.2) is 0 Å². The van der Waals surface area contributed by atoms with E-state index in [2.05, 4.69) is 218 Å². The fourth-order valence-electron chi connectivity index (χ4n) is 8.53. The zero-order valence-electron chi connectivity index (χ0n) is 32.4. The maximum Gasteiger partial charge on any atom is 0.135 e. The van der Waals surface area contributed by atoms with Gasteiger partial charge in [-0.15, -0.1) is 0 Å². The molecule has 10 rings (SSSR count). The maximum absolute atomic E-state index is 6.62. The van der Waals surface area contributed by atoms with Crippen molar-refractivity contribution >= 4 is 49.2 Å². The van der Waals surface area contributed by atoms with Crippen molar-refractivity contribution in [2.24, 2.45) is 0 Å². The Balaban J connectivity index is 1.08. The first-order valence-electron chi connectivity index (χ1n) is 19.7. The van der Waals surface area contributed by atoms with Crippen molar-refractivity contribution in [2.45, 2.75) is 26.9 Å². The van der Waals surface area contributed by atoms with Crippen LogP contribution in [0.15, 0.2) is 189 Å². The highest BCUT2D eigenvalue weighted by Gasteiger charge is 2.19. The molecule has 0 atom stereocenters. The van der Waals surface area contributed by atoms with Gasteiger partial charge in [-0.05, 0) is 115 Å². The Kier molecular flexibility index (Phi) is 8.38. The van der Waals surface area contributed by atoms with Crippen molar-refractivity contribution in [3.05, 3.63) is 194 Å². The molecule has 2 heterocycles. The predicted octanol–water partition coefficient (Wildman–Crippen LogP) is 14.7. The molecular weight excluding hydrogens is 693 g/mol. The molecule has 0 radical (unpaired) electrons. The molecule has 0 N–H and O–H groups in total. The summed E-state index contributed by atoms with van der Waals surface area (Å²) in [4.78, 5) is 0. The summed E-state index contributed by atoms with van der Waals surface area (Å²) in [5.41, 5.74) is 15.9. The summed E-state index contributed by atoms with van der Waals surface area (Å²) in [5, 5.41) is 4.99. The van der Waals surface area contributed by atoms with E-state index in [9.17, 15) is 0 Å². The lowest BCUT2D eigenvalue weighted by Gasteiger charge is -2.21. The molecule has 0 amide bonds. The zero-order chi connectivity index (χ0) is 38.6. The highest BCUT2D eigenvalue weighted by molar-refractivity contribution is 6.11. The topological polar surface area (TPSA) is 19.1 Å². The predicted molar refractivity (Wildman–Crippen MR) is 242 cm³/mol. The van der Waals surface area contributed by atoms with Crippen LogP contribution in [0.3, 0.4) is 0 Å². The third-order valence-electron chi connectivity index (χ3n) is 11.1. The molecule has 0 bridgehead atoms. The molecule has 0 aliphatic rings. The summed E-state index contributed by atoms with van der Waals surface area (Å²) in [5.74, 6) is 0.889. The summed E-state index contributed by atoms with van der Waals surface area (Å²) in [6.45, 7) is 10.6. The van der Waals surface area contributed by atoms with E-state index in [4.69, 9.17) is 4.74 Å². The average molecular weight is 735 g/mol. The van der Waals surface area contributed by atoms with Crippen LogP contribution in [-0.2, 0) is 0 Å². The van der Waals surface area contributed by atoms with Crippen molar-refractivity contribution in [3.63, 3.8) is 0 Å². The molecule has 8 aromatic carbocycles. The third kappa shape index (κ3) is 5.91. The van der Waals surface area contributed by atoms with E-state index in [0.29, 0.717) is 0 Å². The van der Waals surface area contributed by atoms with Crippen LogP contribution >= 0.6 is 0 Å². The highest BCUT2D eigenvalue weighted by Crippen LogP contribution is 2.43. The number of allylic oxidation sites excluding steroid dienone is 1. The number of ether oxygens (including phenoxy) is 1. The molecule has 0 fully saturated rings. The second kappa shape index (κ2) is 13.9. The Morgan fingerprint density at radius 1 is 0.439 bits per heavy atom. The lowest BCUT2D eigenvalue weighted by molar-refractivity contribution is 0.244. The van der Waals surface area contributed by atoms with Gasteiger partial charge in [0.15, 0.2) is 0 Å². The van der Waals surface area contributed by atoms with Crippen molar-refractivity contribution in [1.29, 1.82) is 0 Å². The minimum Gasteiger partial charge on any atom is -0.490 e. The van der Waals surface area contributed by atoms with E-state index >= 15 is 0 Å². The van der Waals surface area contributed by atoms with Crippen molar-refractivity contribution in [3.8, 4) is 50.5 Å². The zero-order valence-corrected chi connectivity index (χ0v) is 32.4. The Morgan fingerprint density at radius 3 is 1.51 bits per heavy atom. The number of aromatic nitrogens is 2. The maximum atomic E-state index is 6.62. The van der Waals surface area contributed by atoms with Crippen LogP contribution in [0.25, 0.3) is 93.9 Å². The van der Waals surface area contributed by atoms with Crippen LogP contribution in [0.5, 0.6) is 5.75 Å². The normalized spacial score (nSPS) is 11.6. The van der Waals surface area contributed by atoms with E-state index in [1.54, 1.807) is 0 Å². The van der Waals surface area contributed by atoms with Crippen molar-refractivity contribution in [1.82, 2.24) is 9.13 Å². The SMILES string of the molecule is C=C(C)c1cc(-c2ccccc2)c(OC(C)C)c(-c2ccc(-n3c4ccccc4c4cc(-c5cccc(-n6c7ccccc7c7ccccc76)c5)ccc43)cc2)c1. The fourth-order valence-corrected chi connectivity index (χ4v) is 8.53. The van der Waals surface area contributed by atoms with Gasteiger partial charge in [-0.3, -0.25) is 0 Å². The van der Waals surface area contributed by atoms with Gasteiger partial charge >= 0.3 is 0 Å². The summed E-state index contributed by atoms with van der Waals surface area (Å²) >= 11 is 0. The summed E-state index contributed by atoms with van der Waals surface area (Å²) < 4.78 is 11.4. The minimum absolute atomic E-state index is 0.0137. The molecule has 0 spiro atoms. The van der Waals surface area contributed by atoms with Crippen molar-refractivity contribution < 1.29 is 4.74 Å². The second-order valence-corrected chi connectivity index (χ2v) is 15.3. The van der Waals surface area contributed by atoms with Crippen molar-refractivity contribution in [2.75, 3.05) is 0 Å². The molecule has 57 heavy (non-hydrogen) atoms.